The van der Waals surface area contributed by atoms with Gasteiger partial charge in [0.1, 0.15) is 0 Å². The van der Waals surface area contributed by atoms with Crippen LogP contribution in [0.4, 0.5) is 0 Å². The molecule has 0 saturated carbocycles. The van der Waals surface area contributed by atoms with Crippen molar-refractivity contribution in [1.29, 1.82) is 0 Å². The average molecular weight is 588 g/mol. The van der Waals surface area contributed by atoms with Crippen molar-refractivity contribution in [2.75, 3.05) is 46.3 Å². The topological polar surface area (TPSA) is 77.6 Å². The van der Waals surface area contributed by atoms with Crippen LogP contribution in [0.15, 0.2) is 97.4 Å². The minimum absolute atomic E-state index is 0.0391. The van der Waals surface area contributed by atoms with E-state index in [9.17, 15) is 9.59 Å². The van der Waals surface area contributed by atoms with Crippen molar-refractivity contribution in [3.63, 3.8) is 0 Å². The van der Waals surface area contributed by atoms with E-state index in [4.69, 9.17) is 0 Å². The van der Waals surface area contributed by atoms with Gasteiger partial charge in [0, 0.05) is 64.1 Å². The fourth-order valence-electron chi connectivity index (χ4n) is 4.50. The Hall–Kier alpha value is -3.55. The molecular formula is C36H53N5O2. The summed E-state index contributed by atoms with van der Waals surface area (Å²) in [6.07, 6.45) is 36.4. The molecule has 234 valence electrons. The van der Waals surface area contributed by atoms with Crippen LogP contribution in [0.3, 0.4) is 0 Å². The molecule has 2 rings (SSSR count). The van der Waals surface area contributed by atoms with Crippen LogP contribution >= 0.6 is 0 Å². The van der Waals surface area contributed by atoms with Crippen LogP contribution < -0.4 is 10.6 Å². The van der Waals surface area contributed by atoms with Crippen molar-refractivity contribution in [1.82, 2.24) is 25.4 Å². The monoisotopic (exact) mass is 587 g/mol. The maximum Gasteiger partial charge on any atom is 0.252 e. The predicted octanol–water partition coefficient (Wildman–Crippen LogP) is 6.02. The summed E-state index contributed by atoms with van der Waals surface area (Å²) < 4.78 is 0. The van der Waals surface area contributed by atoms with Crippen molar-refractivity contribution in [3.8, 4) is 0 Å². The molecule has 1 atom stereocenters. The standard InChI is InChI=1S/C36H53N5O2/c1-3-4-5-6-7-8-9-10-11-12-13-14-15-16-17-18-19-20-21-24-35(42)38-31-34(41-28-26-40(2)27-29-41)32-39-36(43)33-23-22-25-37-30-33/h4-5,7-8,10-11,13-14,16-17,19-20,22-23,25,30,34H,3,6,9,12,15,18,21,24,26-29,31-32H2,1-2H3,(H,38,42)(H,39,43)/b5-4-,8-7-,11-10?,14-13?,17-16-,20-19-. The van der Waals surface area contributed by atoms with E-state index in [0.717, 1.165) is 64.7 Å². The Balaban J connectivity index is 1.59. The van der Waals surface area contributed by atoms with Gasteiger partial charge in [0.15, 0.2) is 0 Å². The van der Waals surface area contributed by atoms with Crippen LogP contribution in [-0.2, 0) is 4.79 Å². The minimum Gasteiger partial charge on any atom is -0.354 e. The zero-order valence-corrected chi connectivity index (χ0v) is 26.4. The number of likely N-dealkylation sites (N-methyl/N-ethyl adjacent to an activating group) is 1. The van der Waals surface area contributed by atoms with Crippen LogP contribution in [0.2, 0.25) is 0 Å². The molecule has 1 fully saturated rings. The van der Waals surface area contributed by atoms with Gasteiger partial charge in [-0.1, -0.05) is 79.8 Å². The van der Waals surface area contributed by atoms with Crippen LogP contribution in [-0.4, -0.2) is 79.0 Å². The van der Waals surface area contributed by atoms with Gasteiger partial charge in [0.2, 0.25) is 5.91 Å². The second-order valence-electron chi connectivity index (χ2n) is 10.7. The number of allylic oxidation sites excluding steroid dienone is 12. The largest absolute Gasteiger partial charge is 0.354 e. The number of hydrogen-bond donors (Lipinski definition) is 2. The number of carbonyl (C=O) groups is 2. The number of carbonyl (C=O) groups excluding carboxylic acids is 2. The zero-order valence-electron chi connectivity index (χ0n) is 26.4. The van der Waals surface area contributed by atoms with E-state index < -0.39 is 0 Å². The zero-order chi connectivity index (χ0) is 30.8. The molecule has 7 heteroatoms. The van der Waals surface area contributed by atoms with Gasteiger partial charge < -0.3 is 15.5 Å². The molecule has 2 N–H and O–H groups in total. The number of nitrogens with one attached hydrogen (secondary N) is 2. The molecule has 2 heterocycles. The predicted molar refractivity (Wildman–Crippen MR) is 180 cm³/mol. The molecule has 1 aromatic rings. The molecule has 7 nitrogen and oxygen atoms in total. The van der Waals surface area contributed by atoms with Gasteiger partial charge in [-0.25, -0.2) is 0 Å². The number of hydrogen-bond acceptors (Lipinski definition) is 5. The molecule has 0 aromatic carbocycles. The quantitative estimate of drug-likeness (QED) is 0.183. The third kappa shape index (κ3) is 17.9. The van der Waals surface area contributed by atoms with E-state index in [-0.39, 0.29) is 17.9 Å². The van der Waals surface area contributed by atoms with Crippen LogP contribution in [0.1, 0.15) is 68.6 Å². The van der Waals surface area contributed by atoms with E-state index in [2.05, 4.69) is 112 Å². The van der Waals surface area contributed by atoms with E-state index >= 15 is 0 Å². The van der Waals surface area contributed by atoms with Gasteiger partial charge in [-0.05, 0) is 64.1 Å². The fraction of sp³-hybridized carbons (Fsp3) is 0.472. The molecule has 0 radical (unpaired) electrons. The summed E-state index contributed by atoms with van der Waals surface area (Å²) in [6, 6.07) is 3.55. The van der Waals surface area contributed by atoms with Crippen LogP contribution in [0.25, 0.3) is 0 Å². The van der Waals surface area contributed by atoms with Crippen molar-refractivity contribution < 1.29 is 9.59 Å². The smallest absolute Gasteiger partial charge is 0.252 e. The van der Waals surface area contributed by atoms with E-state index in [1.54, 1.807) is 24.5 Å². The summed E-state index contributed by atoms with van der Waals surface area (Å²) in [6.45, 7) is 6.92. The molecule has 1 aliphatic heterocycles. The summed E-state index contributed by atoms with van der Waals surface area (Å²) in [5.74, 6) is -0.103. The van der Waals surface area contributed by atoms with Gasteiger partial charge in [0.05, 0.1) is 5.56 Å². The lowest BCUT2D eigenvalue weighted by molar-refractivity contribution is -0.121. The molecule has 1 saturated heterocycles. The molecule has 2 amide bonds. The molecule has 43 heavy (non-hydrogen) atoms. The Morgan fingerprint density at radius 2 is 1.33 bits per heavy atom. The lowest BCUT2D eigenvalue weighted by atomic mass is 10.1. The molecule has 0 spiro atoms. The van der Waals surface area contributed by atoms with Crippen LogP contribution in [0, 0.1) is 0 Å². The highest BCUT2D eigenvalue weighted by molar-refractivity contribution is 5.93. The van der Waals surface area contributed by atoms with Gasteiger partial charge in [-0.2, -0.15) is 0 Å². The molecule has 1 aliphatic rings. The summed E-state index contributed by atoms with van der Waals surface area (Å²) in [5, 5.41) is 6.11. The van der Waals surface area contributed by atoms with Gasteiger partial charge in [-0.15, -0.1) is 0 Å². The first-order valence-electron chi connectivity index (χ1n) is 15.9. The third-order valence-corrected chi connectivity index (χ3v) is 7.15. The molecule has 0 aliphatic carbocycles. The normalized spacial score (nSPS) is 16.0. The van der Waals surface area contributed by atoms with Crippen molar-refractivity contribution in [3.05, 3.63) is 103 Å². The molecule has 1 aromatic heterocycles. The first-order valence-corrected chi connectivity index (χ1v) is 15.9. The lowest BCUT2D eigenvalue weighted by Gasteiger charge is -2.38. The van der Waals surface area contributed by atoms with Crippen molar-refractivity contribution >= 4 is 11.8 Å². The number of amides is 2. The van der Waals surface area contributed by atoms with Crippen LogP contribution in [0.5, 0.6) is 0 Å². The SMILES string of the molecule is CC/C=C\C/C=C\CC=CCC=CC/C=C\C/C=C\CCC(=O)NCC(CNC(=O)c1cccnc1)N1CCN(C)CC1. The summed E-state index contributed by atoms with van der Waals surface area (Å²) >= 11 is 0. The summed E-state index contributed by atoms with van der Waals surface area (Å²) in [7, 11) is 2.12. The summed E-state index contributed by atoms with van der Waals surface area (Å²) in [4.78, 5) is 33.7. The van der Waals surface area contributed by atoms with Crippen molar-refractivity contribution in [2.45, 2.75) is 64.3 Å². The van der Waals surface area contributed by atoms with E-state index in [1.165, 1.54) is 0 Å². The molecule has 1 unspecified atom stereocenters. The third-order valence-electron chi connectivity index (χ3n) is 7.15. The number of piperazine rings is 1. The molecule has 0 bridgehead atoms. The Labute approximate surface area is 260 Å². The number of rotatable bonds is 20. The highest BCUT2D eigenvalue weighted by Crippen LogP contribution is 2.06. The second kappa shape index (κ2) is 24.0. The Kier molecular flexibility index (Phi) is 19.9. The highest BCUT2D eigenvalue weighted by atomic mass is 16.2. The van der Waals surface area contributed by atoms with Gasteiger partial charge in [0.25, 0.3) is 5.91 Å². The average Bonchev–Trinajstić information content (AvgIpc) is 3.03. The lowest BCUT2D eigenvalue weighted by Crippen LogP contribution is -2.56. The Bertz CT molecular complexity index is 1070. The second-order valence-corrected chi connectivity index (χ2v) is 10.7. The molecular weight excluding hydrogens is 534 g/mol. The number of pyridine rings is 1. The maximum atomic E-state index is 12.5. The Morgan fingerprint density at radius 1 is 0.791 bits per heavy atom. The minimum atomic E-state index is -0.142. The number of nitrogens with zero attached hydrogens (tertiary/aromatic N) is 3. The first kappa shape index (κ1) is 35.6. The highest BCUT2D eigenvalue weighted by Gasteiger charge is 2.23. The van der Waals surface area contributed by atoms with Gasteiger partial charge in [-0.3, -0.25) is 19.5 Å². The maximum absolute atomic E-state index is 12.5. The van der Waals surface area contributed by atoms with E-state index in [0.29, 0.717) is 31.5 Å². The Morgan fingerprint density at radius 3 is 1.86 bits per heavy atom. The van der Waals surface area contributed by atoms with E-state index in [1.807, 2.05) is 0 Å². The first-order chi connectivity index (χ1) is 21.1. The van der Waals surface area contributed by atoms with Crippen molar-refractivity contribution in [2.24, 2.45) is 0 Å². The van der Waals surface area contributed by atoms with Gasteiger partial charge >= 0.3 is 0 Å². The number of aromatic nitrogens is 1. The summed E-state index contributed by atoms with van der Waals surface area (Å²) in [5.41, 5.74) is 0.542. The fourth-order valence-corrected chi connectivity index (χ4v) is 4.50.